The van der Waals surface area contributed by atoms with Gasteiger partial charge in [-0.25, -0.2) is 4.98 Å². The van der Waals surface area contributed by atoms with Crippen molar-refractivity contribution in [3.63, 3.8) is 0 Å². The number of hydrogen-bond acceptors (Lipinski definition) is 4. The molecule has 1 aliphatic rings. The van der Waals surface area contributed by atoms with Gasteiger partial charge in [0.15, 0.2) is 0 Å². The molecule has 6 nitrogen and oxygen atoms in total. The molecule has 0 spiro atoms. The summed E-state index contributed by atoms with van der Waals surface area (Å²) in [4.78, 5) is 19.5. The zero-order valence-electron chi connectivity index (χ0n) is 18.9. The number of carbonyl (C=O) groups is 1. The number of benzene rings is 3. The Kier molecular flexibility index (Phi) is 6.26. The smallest absolute Gasteiger partial charge is 0.227 e. The zero-order chi connectivity index (χ0) is 23.7. The van der Waals surface area contributed by atoms with Crippen molar-refractivity contribution in [2.75, 3.05) is 18.1 Å². The molecule has 1 fully saturated rings. The van der Waals surface area contributed by atoms with E-state index in [9.17, 15) is 9.90 Å². The summed E-state index contributed by atoms with van der Waals surface area (Å²) in [6.07, 6.45) is -0.372. The number of ether oxygens (including phenoxy) is 1. The number of aliphatic hydroxyl groups excluding tert-OH is 1. The maximum atomic E-state index is 12.9. The molecule has 4 aromatic rings. The molecule has 0 unspecified atom stereocenters. The van der Waals surface area contributed by atoms with E-state index in [1.54, 1.807) is 17.0 Å². The molecule has 2 atom stereocenters. The first-order valence-electron chi connectivity index (χ1n) is 11.4. The number of aliphatic hydroxyl groups is 1. The van der Waals surface area contributed by atoms with E-state index in [0.717, 1.165) is 33.9 Å². The van der Waals surface area contributed by atoms with Gasteiger partial charge in [0.2, 0.25) is 5.91 Å². The van der Waals surface area contributed by atoms with Crippen LogP contribution in [0.5, 0.6) is 5.75 Å². The van der Waals surface area contributed by atoms with E-state index in [4.69, 9.17) is 21.3 Å². The van der Waals surface area contributed by atoms with Crippen molar-refractivity contribution >= 4 is 34.2 Å². The molecule has 0 bridgehead atoms. The van der Waals surface area contributed by atoms with E-state index in [-0.39, 0.29) is 18.4 Å². The molecule has 174 valence electrons. The molecule has 7 heteroatoms. The second-order valence-corrected chi connectivity index (χ2v) is 9.17. The normalized spacial score (nSPS) is 16.9. The molecule has 1 saturated heterocycles. The van der Waals surface area contributed by atoms with Gasteiger partial charge in [-0.1, -0.05) is 35.9 Å². The number of aromatic nitrogens is 2. The Hall–Kier alpha value is -3.35. The summed E-state index contributed by atoms with van der Waals surface area (Å²) in [5.74, 6) is 1.50. The van der Waals surface area contributed by atoms with Crippen molar-refractivity contribution in [2.24, 2.45) is 0 Å². The van der Waals surface area contributed by atoms with Gasteiger partial charge in [-0.3, -0.25) is 4.79 Å². The fourth-order valence-corrected chi connectivity index (χ4v) is 4.64. The lowest BCUT2D eigenvalue weighted by atomic mass is 10.1. The standard InChI is InChI=1S/C27H26ClN3O3/c1-18-5-4-6-23(13-18)34-17-22(32)16-31-25-8-3-2-7-24(25)29-27(31)19-14-26(33)30(15-19)21-11-9-20(28)10-12-21/h2-13,19,22,32H,14-17H2,1H3/t19-,22-/m1/s1. The van der Waals surface area contributed by atoms with Gasteiger partial charge in [-0.2, -0.15) is 0 Å². The number of nitrogens with zero attached hydrogens (tertiary/aromatic N) is 3. The summed E-state index contributed by atoms with van der Waals surface area (Å²) >= 11 is 6.02. The van der Waals surface area contributed by atoms with Crippen molar-refractivity contribution in [2.45, 2.75) is 31.9 Å². The van der Waals surface area contributed by atoms with Gasteiger partial charge < -0.3 is 19.3 Å². The molecule has 1 amide bonds. The number of rotatable bonds is 7. The number of aryl methyl sites for hydroxylation is 1. The van der Waals surface area contributed by atoms with E-state index in [0.29, 0.717) is 24.5 Å². The highest BCUT2D eigenvalue weighted by atomic mass is 35.5. The third-order valence-electron chi connectivity index (χ3n) is 6.14. The van der Waals surface area contributed by atoms with Crippen LogP contribution in [-0.2, 0) is 11.3 Å². The molecule has 3 aromatic carbocycles. The third kappa shape index (κ3) is 4.65. The second-order valence-electron chi connectivity index (χ2n) is 8.73. The van der Waals surface area contributed by atoms with Crippen molar-refractivity contribution in [3.05, 3.63) is 89.2 Å². The molecule has 1 aliphatic heterocycles. The van der Waals surface area contributed by atoms with Gasteiger partial charge in [-0.15, -0.1) is 0 Å². The summed E-state index contributed by atoms with van der Waals surface area (Å²) < 4.78 is 7.85. The molecule has 0 aliphatic carbocycles. The summed E-state index contributed by atoms with van der Waals surface area (Å²) in [5.41, 5.74) is 3.71. The number of carbonyl (C=O) groups excluding carboxylic acids is 1. The highest BCUT2D eigenvalue weighted by Gasteiger charge is 2.35. The molecule has 0 radical (unpaired) electrons. The molecular weight excluding hydrogens is 450 g/mol. The maximum absolute atomic E-state index is 12.9. The van der Waals surface area contributed by atoms with Crippen LogP contribution in [0.2, 0.25) is 5.02 Å². The maximum Gasteiger partial charge on any atom is 0.227 e. The Labute approximate surface area is 203 Å². The van der Waals surface area contributed by atoms with E-state index in [1.807, 2.05) is 72.2 Å². The van der Waals surface area contributed by atoms with Gasteiger partial charge >= 0.3 is 0 Å². The minimum atomic E-state index is -0.735. The summed E-state index contributed by atoms with van der Waals surface area (Å²) in [6, 6.07) is 22.9. The number of hydrogen-bond donors (Lipinski definition) is 1. The van der Waals surface area contributed by atoms with Crippen LogP contribution >= 0.6 is 11.6 Å². The number of anilines is 1. The second kappa shape index (κ2) is 9.49. The largest absolute Gasteiger partial charge is 0.491 e. The Bertz CT molecular complexity index is 1320. The number of amides is 1. The molecule has 34 heavy (non-hydrogen) atoms. The SMILES string of the molecule is Cc1cccc(OC[C@H](O)Cn2c([C@@H]3CC(=O)N(c4ccc(Cl)cc4)C3)nc3ccccc32)c1. The quantitative estimate of drug-likeness (QED) is 0.410. The lowest BCUT2D eigenvalue weighted by molar-refractivity contribution is -0.117. The highest BCUT2D eigenvalue weighted by Crippen LogP contribution is 2.33. The first-order chi connectivity index (χ1) is 16.5. The lowest BCUT2D eigenvalue weighted by Crippen LogP contribution is -2.26. The fourth-order valence-electron chi connectivity index (χ4n) is 4.51. The molecule has 2 heterocycles. The van der Waals surface area contributed by atoms with Crippen molar-refractivity contribution in [1.82, 2.24) is 9.55 Å². The summed E-state index contributed by atoms with van der Waals surface area (Å²) in [6.45, 7) is 3.02. The molecule has 1 aromatic heterocycles. The first-order valence-corrected chi connectivity index (χ1v) is 11.7. The van der Waals surface area contributed by atoms with Crippen LogP contribution in [0, 0.1) is 6.92 Å². The topological polar surface area (TPSA) is 67.6 Å². The van der Waals surface area contributed by atoms with Crippen LogP contribution in [0.4, 0.5) is 5.69 Å². The monoisotopic (exact) mass is 475 g/mol. The first kappa shape index (κ1) is 22.4. The van der Waals surface area contributed by atoms with Gasteiger partial charge in [0, 0.05) is 29.6 Å². The Balaban J connectivity index is 1.38. The fraction of sp³-hybridized carbons (Fsp3) is 0.259. The minimum absolute atomic E-state index is 0.0502. The Morgan fingerprint density at radius 1 is 1.12 bits per heavy atom. The van der Waals surface area contributed by atoms with E-state index >= 15 is 0 Å². The van der Waals surface area contributed by atoms with Crippen LogP contribution < -0.4 is 9.64 Å². The Morgan fingerprint density at radius 3 is 2.71 bits per heavy atom. The third-order valence-corrected chi connectivity index (χ3v) is 6.39. The Morgan fingerprint density at radius 2 is 1.91 bits per heavy atom. The molecular formula is C27H26ClN3O3. The van der Waals surface area contributed by atoms with Crippen molar-refractivity contribution in [1.29, 1.82) is 0 Å². The van der Waals surface area contributed by atoms with Crippen LogP contribution in [0.1, 0.15) is 23.7 Å². The van der Waals surface area contributed by atoms with Gasteiger partial charge in [-0.05, 0) is 61.0 Å². The van der Waals surface area contributed by atoms with Crippen LogP contribution in [0.15, 0.2) is 72.8 Å². The molecule has 5 rings (SSSR count). The molecule has 0 saturated carbocycles. The van der Waals surface area contributed by atoms with Gasteiger partial charge in [0.1, 0.15) is 24.3 Å². The number of para-hydroxylation sites is 2. The molecule has 1 N–H and O–H groups in total. The number of halogens is 1. The predicted molar refractivity (Wildman–Crippen MR) is 134 cm³/mol. The van der Waals surface area contributed by atoms with Crippen LogP contribution in [0.25, 0.3) is 11.0 Å². The van der Waals surface area contributed by atoms with E-state index in [2.05, 4.69) is 0 Å². The highest BCUT2D eigenvalue weighted by molar-refractivity contribution is 6.30. The van der Waals surface area contributed by atoms with Crippen LogP contribution in [-0.4, -0.2) is 39.8 Å². The van der Waals surface area contributed by atoms with Crippen molar-refractivity contribution < 1.29 is 14.6 Å². The van der Waals surface area contributed by atoms with E-state index in [1.165, 1.54) is 0 Å². The minimum Gasteiger partial charge on any atom is -0.491 e. The summed E-state index contributed by atoms with van der Waals surface area (Å²) in [5, 5.41) is 11.5. The van der Waals surface area contributed by atoms with Gasteiger partial charge in [0.05, 0.1) is 17.6 Å². The lowest BCUT2D eigenvalue weighted by Gasteiger charge is -2.19. The number of fused-ring (bicyclic) bond motifs is 1. The average molecular weight is 476 g/mol. The summed E-state index contributed by atoms with van der Waals surface area (Å²) in [7, 11) is 0. The number of imidazole rings is 1. The predicted octanol–water partition coefficient (Wildman–Crippen LogP) is 4.96. The van der Waals surface area contributed by atoms with Gasteiger partial charge in [0.25, 0.3) is 0 Å². The zero-order valence-corrected chi connectivity index (χ0v) is 19.7. The van der Waals surface area contributed by atoms with Crippen LogP contribution in [0.3, 0.4) is 0 Å². The van der Waals surface area contributed by atoms with E-state index < -0.39 is 6.10 Å². The van der Waals surface area contributed by atoms with Crippen molar-refractivity contribution in [3.8, 4) is 5.75 Å². The average Bonchev–Trinajstić information content (AvgIpc) is 3.39.